The van der Waals surface area contributed by atoms with E-state index in [2.05, 4.69) is 6.58 Å². The molecule has 0 bridgehead atoms. The Morgan fingerprint density at radius 1 is 1.27 bits per heavy atom. The summed E-state index contributed by atoms with van der Waals surface area (Å²) >= 11 is 0. The van der Waals surface area contributed by atoms with Crippen molar-refractivity contribution in [3.05, 3.63) is 12.7 Å². The van der Waals surface area contributed by atoms with Gasteiger partial charge >= 0.3 is 0 Å². The Kier molecular flexibility index (Phi) is 5.22. The van der Waals surface area contributed by atoms with E-state index in [9.17, 15) is 5.11 Å². The second-order valence-corrected chi connectivity index (χ2v) is 3.47. The Morgan fingerprint density at radius 2 is 1.64 bits per heavy atom. The highest BCUT2D eigenvalue weighted by atomic mass is 16.3. The van der Waals surface area contributed by atoms with E-state index in [0.717, 1.165) is 12.8 Å². The van der Waals surface area contributed by atoms with Gasteiger partial charge in [-0.25, -0.2) is 0 Å². The molecule has 1 aliphatic rings. The standard InChI is InChI=1S/C7H14O.C3H6/c1-7(8)5-3-2-4-6-7;1-3-2/h8H,2-6H2,1H3;3H,1H2,2H3. The zero-order valence-corrected chi connectivity index (χ0v) is 7.77. The van der Waals surface area contributed by atoms with Gasteiger partial charge in [-0.1, -0.05) is 25.3 Å². The van der Waals surface area contributed by atoms with Gasteiger partial charge in [0.15, 0.2) is 0 Å². The van der Waals surface area contributed by atoms with Gasteiger partial charge in [-0.05, 0) is 26.7 Å². The summed E-state index contributed by atoms with van der Waals surface area (Å²) in [6.07, 6.45) is 7.51. The fourth-order valence-electron chi connectivity index (χ4n) is 1.31. The smallest absolute Gasteiger partial charge is 0.0619 e. The minimum Gasteiger partial charge on any atom is -0.390 e. The normalized spacial score (nSPS) is 21.4. The van der Waals surface area contributed by atoms with Crippen LogP contribution < -0.4 is 0 Å². The Balaban J connectivity index is 0.000000292. The molecule has 1 rings (SSSR count). The summed E-state index contributed by atoms with van der Waals surface area (Å²) in [5, 5.41) is 9.37. The van der Waals surface area contributed by atoms with Crippen LogP contribution in [0.2, 0.25) is 0 Å². The van der Waals surface area contributed by atoms with Crippen LogP contribution in [0.3, 0.4) is 0 Å². The largest absolute Gasteiger partial charge is 0.390 e. The monoisotopic (exact) mass is 156 g/mol. The van der Waals surface area contributed by atoms with Crippen LogP contribution in [-0.4, -0.2) is 10.7 Å². The quantitative estimate of drug-likeness (QED) is 0.535. The van der Waals surface area contributed by atoms with Crippen molar-refractivity contribution in [2.45, 2.75) is 51.6 Å². The number of aliphatic hydroxyl groups is 1. The molecule has 0 aromatic heterocycles. The number of allylic oxidation sites excluding steroid dienone is 1. The van der Waals surface area contributed by atoms with Crippen molar-refractivity contribution in [2.24, 2.45) is 0 Å². The summed E-state index contributed by atoms with van der Waals surface area (Å²) in [7, 11) is 0. The SMILES string of the molecule is C=CC.CC1(O)CCCCC1. The first-order valence-electron chi connectivity index (χ1n) is 4.42. The molecule has 0 spiro atoms. The molecule has 0 heterocycles. The molecule has 0 aliphatic heterocycles. The van der Waals surface area contributed by atoms with Crippen molar-refractivity contribution < 1.29 is 5.11 Å². The summed E-state index contributed by atoms with van der Waals surface area (Å²) in [5.41, 5.74) is -0.321. The van der Waals surface area contributed by atoms with Gasteiger partial charge in [-0.3, -0.25) is 0 Å². The van der Waals surface area contributed by atoms with Gasteiger partial charge in [0, 0.05) is 0 Å². The summed E-state index contributed by atoms with van der Waals surface area (Å²) < 4.78 is 0. The molecule has 0 amide bonds. The Bertz CT molecular complexity index is 97.4. The fourth-order valence-corrected chi connectivity index (χ4v) is 1.31. The van der Waals surface area contributed by atoms with E-state index < -0.39 is 0 Å². The van der Waals surface area contributed by atoms with Crippen LogP contribution in [0.5, 0.6) is 0 Å². The van der Waals surface area contributed by atoms with Crippen LogP contribution in [-0.2, 0) is 0 Å². The molecule has 0 saturated heterocycles. The van der Waals surface area contributed by atoms with E-state index in [1.54, 1.807) is 6.08 Å². The zero-order valence-electron chi connectivity index (χ0n) is 7.77. The lowest BCUT2D eigenvalue weighted by atomic mass is 9.87. The summed E-state index contributed by atoms with van der Waals surface area (Å²) in [6.45, 7) is 7.19. The van der Waals surface area contributed by atoms with Crippen molar-refractivity contribution in [1.82, 2.24) is 0 Å². The van der Waals surface area contributed by atoms with Crippen LogP contribution in [0.15, 0.2) is 12.7 Å². The fraction of sp³-hybridized carbons (Fsp3) is 0.800. The minimum absolute atomic E-state index is 0.321. The van der Waals surface area contributed by atoms with Crippen LogP contribution in [0.4, 0.5) is 0 Å². The van der Waals surface area contributed by atoms with Gasteiger partial charge in [0.05, 0.1) is 5.60 Å². The second kappa shape index (κ2) is 5.36. The Morgan fingerprint density at radius 3 is 1.82 bits per heavy atom. The van der Waals surface area contributed by atoms with E-state index in [4.69, 9.17) is 0 Å². The average molecular weight is 156 g/mol. The maximum absolute atomic E-state index is 9.37. The highest BCUT2D eigenvalue weighted by Crippen LogP contribution is 2.26. The van der Waals surface area contributed by atoms with Crippen molar-refractivity contribution in [1.29, 1.82) is 0 Å². The molecule has 0 unspecified atom stereocenters. The van der Waals surface area contributed by atoms with Crippen molar-refractivity contribution in [2.75, 3.05) is 0 Å². The van der Waals surface area contributed by atoms with E-state index >= 15 is 0 Å². The van der Waals surface area contributed by atoms with Crippen LogP contribution in [0.1, 0.15) is 46.0 Å². The van der Waals surface area contributed by atoms with E-state index in [1.807, 2.05) is 13.8 Å². The average Bonchev–Trinajstić information content (AvgIpc) is 1.88. The summed E-state index contributed by atoms with van der Waals surface area (Å²) in [6, 6.07) is 0. The molecular formula is C10H20O. The highest BCUT2D eigenvalue weighted by molar-refractivity contribution is 4.76. The first-order chi connectivity index (χ1) is 5.12. The number of hydrogen-bond donors (Lipinski definition) is 1. The van der Waals surface area contributed by atoms with Crippen molar-refractivity contribution in [3.8, 4) is 0 Å². The molecule has 1 heteroatoms. The third-order valence-electron chi connectivity index (χ3n) is 1.93. The molecule has 1 fully saturated rings. The Labute approximate surface area is 70.1 Å². The molecular weight excluding hydrogens is 136 g/mol. The van der Waals surface area contributed by atoms with Gasteiger partial charge in [-0.2, -0.15) is 0 Å². The molecule has 11 heavy (non-hydrogen) atoms. The second-order valence-electron chi connectivity index (χ2n) is 3.47. The first kappa shape index (κ1) is 10.7. The van der Waals surface area contributed by atoms with Gasteiger partial charge in [0.2, 0.25) is 0 Å². The Hall–Kier alpha value is -0.300. The van der Waals surface area contributed by atoms with E-state index in [-0.39, 0.29) is 5.60 Å². The molecule has 1 saturated carbocycles. The van der Waals surface area contributed by atoms with Crippen molar-refractivity contribution >= 4 is 0 Å². The third-order valence-corrected chi connectivity index (χ3v) is 1.93. The summed E-state index contributed by atoms with van der Waals surface area (Å²) in [5.74, 6) is 0. The van der Waals surface area contributed by atoms with Gasteiger partial charge < -0.3 is 5.11 Å². The molecule has 1 N–H and O–H groups in total. The number of rotatable bonds is 0. The van der Waals surface area contributed by atoms with Crippen LogP contribution in [0, 0.1) is 0 Å². The van der Waals surface area contributed by atoms with Gasteiger partial charge in [-0.15, -0.1) is 6.58 Å². The van der Waals surface area contributed by atoms with Crippen molar-refractivity contribution in [3.63, 3.8) is 0 Å². The van der Waals surface area contributed by atoms with E-state index in [0.29, 0.717) is 0 Å². The topological polar surface area (TPSA) is 20.2 Å². The maximum atomic E-state index is 9.37. The van der Waals surface area contributed by atoms with Gasteiger partial charge in [0.1, 0.15) is 0 Å². The van der Waals surface area contributed by atoms with E-state index in [1.165, 1.54) is 19.3 Å². The lowest BCUT2D eigenvalue weighted by Crippen LogP contribution is -2.26. The van der Waals surface area contributed by atoms with Crippen LogP contribution in [0.25, 0.3) is 0 Å². The molecule has 0 radical (unpaired) electrons. The molecule has 1 nitrogen and oxygen atoms in total. The van der Waals surface area contributed by atoms with Crippen LogP contribution >= 0.6 is 0 Å². The minimum atomic E-state index is -0.321. The molecule has 0 aromatic rings. The predicted octanol–water partition coefficient (Wildman–Crippen LogP) is 2.89. The first-order valence-corrected chi connectivity index (χ1v) is 4.42. The number of hydrogen-bond acceptors (Lipinski definition) is 1. The molecule has 0 atom stereocenters. The lowest BCUT2D eigenvalue weighted by Gasteiger charge is -2.27. The van der Waals surface area contributed by atoms with Gasteiger partial charge in [0.25, 0.3) is 0 Å². The molecule has 66 valence electrons. The predicted molar refractivity (Wildman–Crippen MR) is 49.6 cm³/mol. The maximum Gasteiger partial charge on any atom is 0.0619 e. The lowest BCUT2D eigenvalue weighted by molar-refractivity contribution is 0.0225. The third kappa shape index (κ3) is 6.11. The summed E-state index contributed by atoms with van der Waals surface area (Å²) in [4.78, 5) is 0. The highest BCUT2D eigenvalue weighted by Gasteiger charge is 2.22. The zero-order chi connectivity index (χ0) is 8.74. The molecule has 1 aliphatic carbocycles. The molecule has 0 aromatic carbocycles.